The van der Waals surface area contributed by atoms with Gasteiger partial charge in [-0.1, -0.05) is 0 Å². The normalized spacial score (nSPS) is 18.3. The number of aromatic nitrogens is 2. The Balaban J connectivity index is 1.50. The molecule has 37 heavy (non-hydrogen) atoms. The van der Waals surface area contributed by atoms with Crippen LogP contribution in [-0.2, 0) is 4.74 Å². The molecule has 4 aromatic rings. The summed E-state index contributed by atoms with van der Waals surface area (Å²) in [7, 11) is 0. The number of anilines is 1. The van der Waals surface area contributed by atoms with Crippen molar-refractivity contribution in [3.63, 3.8) is 0 Å². The minimum Gasteiger partial charge on any atom is -0.406 e. The molecule has 2 aromatic carbocycles. The first-order chi connectivity index (χ1) is 17.6. The molecule has 0 saturated carbocycles. The summed E-state index contributed by atoms with van der Waals surface area (Å²) in [5.74, 6) is -0.319. The Kier molecular flexibility index (Phi) is 6.41. The van der Waals surface area contributed by atoms with Gasteiger partial charge in [0, 0.05) is 47.8 Å². The van der Waals surface area contributed by atoms with E-state index >= 15 is 0 Å². The van der Waals surface area contributed by atoms with Crippen LogP contribution in [0.15, 0.2) is 71.8 Å². The van der Waals surface area contributed by atoms with E-state index in [-0.39, 0.29) is 23.5 Å². The molecular formula is C28H26F3N3O3. The molecule has 1 aliphatic heterocycles. The standard InChI is InChI=1S/C28H26F3N3O3/c1-17-14-34(22-8-6-21(7-9-22)33-15-18(2)36-19(3)16-33)27(35)24-12-13-32-26(25(17)24)20-4-10-23(11-5-20)37-28(29,30)31/h4-14,18-19H,15-16H2,1-3H3/t18-,19?/m0/s1. The van der Waals surface area contributed by atoms with Crippen LogP contribution in [0.5, 0.6) is 5.75 Å². The zero-order valence-corrected chi connectivity index (χ0v) is 20.6. The van der Waals surface area contributed by atoms with Crippen LogP contribution in [0.2, 0.25) is 0 Å². The number of morpholine rings is 1. The summed E-state index contributed by atoms with van der Waals surface area (Å²) in [5, 5.41) is 1.13. The van der Waals surface area contributed by atoms with Crippen molar-refractivity contribution in [1.29, 1.82) is 0 Å². The van der Waals surface area contributed by atoms with Gasteiger partial charge in [-0.2, -0.15) is 0 Å². The Labute approximate surface area is 211 Å². The second kappa shape index (κ2) is 9.55. The number of aryl methyl sites for hydroxylation is 1. The average Bonchev–Trinajstić information content (AvgIpc) is 2.85. The van der Waals surface area contributed by atoms with Crippen LogP contribution in [0.4, 0.5) is 18.9 Å². The van der Waals surface area contributed by atoms with Gasteiger partial charge in [0.05, 0.1) is 23.3 Å². The smallest absolute Gasteiger partial charge is 0.406 e. The number of hydrogen-bond donors (Lipinski definition) is 0. The lowest BCUT2D eigenvalue weighted by atomic mass is 10.0. The van der Waals surface area contributed by atoms with Gasteiger partial charge in [-0.25, -0.2) is 0 Å². The van der Waals surface area contributed by atoms with E-state index in [0.717, 1.165) is 30.0 Å². The minimum absolute atomic E-state index is 0.144. The van der Waals surface area contributed by atoms with Gasteiger partial charge in [-0.15, -0.1) is 13.2 Å². The summed E-state index contributed by atoms with van der Waals surface area (Å²) in [4.78, 5) is 20.2. The fourth-order valence-electron chi connectivity index (χ4n) is 4.92. The third-order valence-electron chi connectivity index (χ3n) is 6.39. The van der Waals surface area contributed by atoms with E-state index in [9.17, 15) is 18.0 Å². The van der Waals surface area contributed by atoms with Crippen molar-refractivity contribution >= 4 is 16.5 Å². The number of hydrogen-bond acceptors (Lipinski definition) is 5. The molecule has 1 saturated heterocycles. The lowest BCUT2D eigenvalue weighted by molar-refractivity contribution is -0.274. The van der Waals surface area contributed by atoms with Crippen molar-refractivity contribution in [2.45, 2.75) is 39.3 Å². The molecular weight excluding hydrogens is 483 g/mol. The number of nitrogens with zero attached hydrogens (tertiary/aromatic N) is 3. The third kappa shape index (κ3) is 5.17. The molecule has 6 nitrogen and oxygen atoms in total. The number of alkyl halides is 3. The summed E-state index contributed by atoms with van der Waals surface area (Å²) < 4.78 is 48.9. The molecule has 3 heterocycles. The van der Waals surface area contributed by atoms with Crippen LogP contribution in [-0.4, -0.2) is 41.2 Å². The van der Waals surface area contributed by atoms with Gasteiger partial charge in [-0.3, -0.25) is 14.3 Å². The largest absolute Gasteiger partial charge is 0.573 e. The quantitative estimate of drug-likeness (QED) is 0.344. The summed E-state index contributed by atoms with van der Waals surface area (Å²) in [6, 6.07) is 15.0. The average molecular weight is 510 g/mol. The second-order valence-corrected chi connectivity index (χ2v) is 9.32. The predicted octanol–water partition coefficient (Wildman–Crippen LogP) is 5.87. The van der Waals surface area contributed by atoms with Crippen LogP contribution < -0.4 is 15.2 Å². The second-order valence-electron chi connectivity index (χ2n) is 9.32. The Morgan fingerprint density at radius 2 is 1.57 bits per heavy atom. The number of pyridine rings is 2. The molecule has 9 heteroatoms. The van der Waals surface area contributed by atoms with E-state index in [1.807, 2.05) is 31.2 Å². The zero-order chi connectivity index (χ0) is 26.3. The number of benzene rings is 2. The maximum atomic E-state index is 13.5. The fourth-order valence-corrected chi connectivity index (χ4v) is 4.92. The van der Waals surface area contributed by atoms with E-state index in [0.29, 0.717) is 22.0 Å². The Morgan fingerprint density at radius 1 is 0.946 bits per heavy atom. The van der Waals surface area contributed by atoms with Gasteiger partial charge >= 0.3 is 6.36 Å². The molecule has 1 unspecified atom stereocenters. The van der Waals surface area contributed by atoms with Crippen LogP contribution >= 0.6 is 0 Å². The van der Waals surface area contributed by atoms with Crippen molar-refractivity contribution in [2.24, 2.45) is 0 Å². The molecule has 0 radical (unpaired) electrons. The summed E-state index contributed by atoms with van der Waals surface area (Å²) in [6.07, 6.45) is -1.17. The molecule has 0 aliphatic carbocycles. The van der Waals surface area contributed by atoms with E-state index < -0.39 is 6.36 Å². The number of halogens is 3. The highest BCUT2D eigenvalue weighted by Gasteiger charge is 2.31. The lowest BCUT2D eigenvalue weighted by Crippen LogP contribution is -2.45. The summed E-state index contributed by atoms with van der Waals surface area (Å²) in [6.45, 7) is 7.61. The summed E-state index contributed by atoms with van der Waals surface area (Å²) in [5.41, 5.74) is 3.51. The first-order valence-corrected chi connectivity index (χ1v) is 12.0. The maximum absolute atomic E-state index is 13.5. The minimum atomic E-state index is -4.77. The van der Waals surface area contributed by atoms with Crippen LogP contribution in [0, 0.1) is 6.92 Å². The SMILES string of the molecule is Cc1cn(-c2ccc(N3CC(C)O[C@@H](C)C3)cc2)c(=O)c2ccnc(-c3ccc(OC(F)(F)F)cc3)c12. The first-order valence-electron chi connectivity index (χ1n) is 12.0. The van der Waals surface area contributed by atoms with Crippen molar-refractivity contribution in [3.8, 4) is 22.7 Å². The highest BCUT2D eigenvalue weighted by molar-refractivity contribution is 5.96. The highest BCUT2D eigenvalue weighted by Crippen LogP contribution is 2.31. The number of fused-ring (bicyclic) bond motifs is 1. The van der Waals surface area contributed by atoms with Gasteiger partial charge in [0.25, 0.3) is 5.56 Å². The highest BCUT2D eigenvalue weighted by atomic mass is 19.4. The Bertz CT molecular complexity index is 1470. The molecule has 5 rings (SSSR count). The maximum Gasteiger partial charge on any atom is 0.573 e. The molecule has 0 amide bonds. The van der Waals surface area contributed by atoms with Crippen molar-refractivity contribution < 1.29 is 22.6 Å². The molecule has 1 fully saturated rings. The van der Waals surface area contributed by atoms with E-state index in [4.69, 9.17) is 4.74 Å². The Hall–Kier alpha value is -3.85. The van der Waals surface area contributed by atoms with Crippen molar-refractivity contribution in [2.75, 3.05) is 18.0 Å². The topological polar surface area (TPSA) is 56.6 Å². The third-order valence-corrected chi connectivity index (χ3v) is 6.39. The van der Waals surface area contributed by atoms with Crippen molar-refractivity contribution in [3.05, 3.63) is 82.9 Å². The first kappa shape index (κ1) is 24.8. The number of ether oxygens (including phenoxy) is 2. The van der Waals surface area contributed by atoms with E-state index in [1.165, 1.54) is 30.5 Å². The zero-order valence-electron chi connectivity index (χ0n) is 20.6. The number of rotatable bonds is 4. The van der Waals surface area contributed by atoms with Crippen molar-refractivity contribution in [1.82, 2.24) is 9.55 Å². The van der Waals surface area contributed by atoms with Gasteiger partial charge in [0.15, 0.2) is 0 Å². The molecule has 192 valence electrons. The molecule has 2 aromatic heterocycles. The van der Waals surface area contributed by atoms with Crippen LogP contribution in [0.25, 0.3) is 27.7 Å². The van der Waals surface area contributed by atoms with Gasteiger partial charge in [0.2, 0.25) is 0 Å². The van der Waals surface area contributed by atoms with E-state index in [2.05, 4.69) is 28.5 Å². The molecule has 0 bridgehead atoms. The molecule has 2 atom stereocenters. The van der Waals surface area contributed by atoms with Gasteiger partial charge < -0.3 is 14.4 Å². The fraction of sp³-hybridized carbons (Fsp3) is 0.286. The monoisotopic (exact) mass is 509 g/mol. The van der Waals surface area contributed by atoms with Gasteiger partial charge in [0.1, 0.15) is 5.75 Å². The predicted molar refractivity (Wildman–Crippen MR) is 136 cm³/mol. The molecule has 0 spiro atoms. The van der Waals surface area contributed by atoms with Crippen LogP contribution in [0.1, 0.15) is 19.4 Å². The van der Waals surface area contributed by atoms with E-state index in [1.54, 1.807) is 16.8 Å². The Morgan fingerprint density at radius 3 is 2.19 bits per heavy atom. The molecule has 1 aliphatic rings. The van der Waals surface area contributed by atoms with Crippen LogP contribution in [0.3, 0.4) is 0 Å². The summed E-state index contributed by atoms with van der Waals surface area (Å²) >= 11 is 0. The van der Waals surface area contributed by atoms with Gasteiger partial charge in [-0.05, 0) is 80.9 Å². The molecule has 0 N–H and O–H groups in total. The lowest BCUT2D eigenvalue weighted by Gasteiger charge is -2.36.